The molecule has 1 N–H and O–H groups in total. The molecule has 0 aliphatic heterocycles. The van der Waals surface area contributed by atoms with Gasteiger partial charge in [0.25, 0.3) is 0 Å². The molecule has 0 saturated heterocycles. The number of hydrogen-bond donors (Lipinski definition) is 1. The third-order valence-electron chi connectivity index (χ3n) is 2.61. The molecule has 0 fully saturated rings. The second kappa shape index (κ2) is 11.6. The predicted octanol–water partition coefficient (Wildman–Crippen LogP) is 2.80. The summed E-state index contributed by atoms with van der Waals surface area (Å²) >= 11 is 0. The molecule has 19 heavy (non-hydrogen) atoms. The minimum Gasteiger partial charge on any atom is -0.459 e. The minimum atomic E-state index is -0.512. The molecule has 0 aliphatic rings. The van der Waals surface area contributed by atoms with Crippen LogP contribution in [-0.4, -0.2) is 31.3 Å². The highest BCUT2D eigenvalue weighted by Gasteiger charge is 2.13. The summed E-state index contributed by atoms with van der Waals surface area (Å²) in [5.41, 5.74) is 0. The van der Waals surface area contributed by atoms with E-state index in [0.717, 1.165) is 25.3 Å². The van der Waals surface area contributed by atoms with Gasteiger partial charge < -0.3 is 14.8 Å². The maximum Gasteiger partial charge on any atom is 0.407 e. The number of nitrogens with one attached hydrogen (secondary N) is 1. The van der Waals surface area contributed by atoms with Gasteiger partial charge in [0.1, 0.15) is 12.7 Å². The van der Waals surface area contributed by atoms with Crippen molar-refractivity contribution in [3.8, 4) is 0 Å². The summed E-state index contributed by atoms with van der Waals surface area (Å²) < 4.78 is 9.98. The van der Waals surface area contributed by atoms with E-state index in [-0.39, 0.29) is 6.61 Å². The largest absolute Gasteiger partial charge is 0.459 e. The minimum absolute atomic E-state index is 0.0601. The third kappa shape index (κ3) is 10.1. The molecule has 0 aromatic heterocycles. The topological polar surface area (TPSA) is 64.6 Å². The number of rotatable bonds is 10. The van der Waals surface area contributed by atoms with Gasteiger partial charge in [-0.3, -0.25) is 0 Å². The Morgan fingerprint density at radius 2 is 2.00 bits per heavy atom. The summed E-state index contributed by atoms with van der Waals surface area (Å²) in [7, 11) is 0. The van der Waals surface area contributed by atoms with Crippen LogP contribution in [0.25, 0.3) is 0 Å². The average Bonchev–Trinajstić information content (AvgIpc) is 2.42. The summed E-state index contributed by atoms with van der Waals surface area (Å²) in [6.07, 6.45) is 5.19. The van der Waals surface area contributed by atoms with Crippen molar-refractivity contribution in [2.45, 2.75) is 52.1 Å². The molecule has 0 heterocycles. The summed E-state index contributed by atoms with van der Waals surface area (Å²) in [5.74, 6) is -0.512. The maximum absolute atomic E-state index is 11.5. The fourth-order valence-corrected chi connectivity index (χ4v) is 1.40. The highest BCUT2D eigenvalue weighted by Crippen LogP contribution is 2.01. The Morgan fingerprint density at radius 3 is 2.58 bits per heavy atom. The van der Waals surface area contributed by atoms with E-state index in [4.69, 9.17) is 9.47 Å². The van der Waals surface area contributed by atoms with Crippen LogP contribution >= 0.6 is 0 Å². The number of alkyl carbamates (subject to hydrolysis) is 1. The Hall–Kier alpha value is -1.52. The Balaban J connectivity index is 3.74. The summed E-state index contributed by atoms with van der Waals surface area (Å²) in [6.45, 7) is 7.97. The normalized spacial score (nSPS) is 11.5. The molecule has 0 spiro atoms. The molecular weight excluding hydrogens is 246 g/mol. The van der Waals surface area contributed by atoms with E-state index in [1.165, 1.54) is 6.42 Å². The first kappa shape index (κ1) is 17.5. The van der Waals surface area contributed by atoms with Crippen LogP contribution in [0.4, 0.5) is 4.79 Å². The lowest BCUT2D eigenvalue weighted by Gasteiger charge is -2.16. The molecule has 0 aromatic carbocycles. The molecule has 0 rings (SSSR count). The lowest BCUT2D eigenvalue weighted by atomic mass is 10.2. The first-order valence-corrected chi connectivity index (χ1v) is 6.87. The van der Waals surface area contributed by atoms with Gasteiger partial charge in [0, 0.05) is 12.6 Å². The Bertz CT molecular complexity index is 279. The van der Waals surface area contributed by atoms with Crippen LogP contribution in [0.5, 0.6) is 0 Å². The van der Waals surface area contributed by atoms with Crippen LogP contribution in [0, 0.1) is 0 Å². The highest BCUT2D eigenvalue weighted by molar-refractivity contribution is 5.81. The van der Waals surface area contributed by atoms with Crippen LogP contribution in [0.3, 0.4) is 0 Å². The van der Waals surface area contributed by atoms with Crippen molar-refractivity contribution in [3.05, 3.63) is 12.7 Å². The molecule has 5 nitrogen and oxygen atoms in total. The zero-order valence-electron chi connectivity index (χ0n) is 11.9. The van der Waals surface area contributed by atoms with Crippen molar-refractivity contribution >= 4 is 12.1 Å². The fraction of sp³-hybridized carbons (Fsp3) is 0.714. The van der Waals surface area contributed by atoms with E-state index >= 15 is 0 Å². The average molecular weight is 271 g/mol. The molecule has 1 atom stereocenters. The van der Waals surface area contributed by atoms with Crippen molar-refractivity contribution < 1.29 is 19.1 Å². The van der Waals surface area contributed by atoms with Gasteiger partial charge in [0.2, 0.25) is 0 Å². The molecule has 110 valence electrons. The quantitative estimate of drug-likeness (QED) is 0.377. The van der Waals surface area contributed by atoms with Crippen molar-refractivity contribution in [2.75, 3.05) is 13.2 Å². The number of hydrogen-bond acceptors (Lipinski definition) is 4. The number of amides is 1. The molecular formula is C14H25NO4. The molecule has 0 aliphatic carbocycles. The van der Waals surface area contributed by atoms with Gasteiger partial charge in [-0.2, -0.15) is 0 Å². The van der Waals surface area contributed by atoms with Gasteiger partial charge >= 0.3 is 12.1 Å². The zero-order valence-corrected chi connectivity index (χ0v) is 11.9. The monoisotopic (exact) mass is 271 g/mol. The number of esters is 1. The number of unbranched alkanes of at least 4 members (excludes halogenated alkanes) is 3. The Morgan fingerprint density at radius 1 is 1.26 bits per heavy atom. The van der Waals surface area contributed by atoms with Crippen molar-refractivity contribution in [3.63, 3.8) is 0 Å². The standard InChI is InChI=1S/C14H25NO4/c1-4-7-8-9-10-15-14(17)19-12(5-2)11-18-13(16)6-3/h6,12H,3-5,7-11H2,1-2H3,(H,15,17). The van der Waals surface area contributed by atoms with Crippen LogP contribution < -0.4 is 5.32 Å². The fourth-order valence-electron chi connectivity index (χ4n) is 1.40. The van der Waals surface area contributed by atoms with Crippen LogP contribution in [0.1, 0.15) is 46.0 Å². The predicted molar refractivity (Wildman–Crippen MR) is 73.9 cm³/mol. The maximum atomic E-state index is 11.5. The molecule has 5 heteroatoms. The van der Waals surface area contributed by atoms with Crippen molar-refractivity contribution in [1.82, 2.24) is 5.32 Å². The molecule has 0 bridgehead atoms. The first-order valence-electron chi connectivity index (χ1n) is 6.87. The van der Waals surface area contributed by atoms with Crippen molar-refractivity contribution in [1.29, 1.82) is 0 Å². The van der Waals surface area contributed by atoms with E-state index in [0.29, 0.717) is 13.0 Å². The van der Waals surface area contributed by atoms with E-state index in [1.807, 2.05) is 6.92 Å². The highest BCUT2D eigenvalue weighted by atomic mass is 16.6. The van der Waals surface area contributed by atoms with Gasteiger partial charge in [0.15, 0.2) is 0 Å². The lowest BCUT2D eigenvalue weighted by molar-refractivity contribution is -0.140. The Kier molecular flexibility index (Phi) is 10.6. The van der Waals surface area contributed by atoms with Gasteiger partial charge in [-0.25, -0.2) is 9.59 Å². The lowest BCUT2D eigenvalue weighted by Crippen LogP contribution is -2.32. The second-order valence-corrected chi connectivity index (χ2v) is 4.26. The summed E-state index contributed by atoms with van der Waals surface area (Å²) in [6, 6.07) is 0. The van der Waals surface area contributed by atoms with E-state index in [9.17, 15) is 9.59 Å². The third-order valence-corrected chi connectivity index (χ3v) is 2.61. The van der Waals surface area contributed by atoms with Crippen LogP contribution in [0.2, 0.25) is 0 Å². The molecule has 0 radical (unpaired) electrons. The van der Waals surface area contributed by atoms with Gasteiger partial charge in [-0.1, -0.05) is 39.7 Å². The van der Waals surface area contributed by atoms with Gasteiger partial charge in [-0.05, 0) is 12.8 Å². The van der Waals surface area contributed by atoms with E-state index in [1.54, 1.807) is 0 Å². The number of carbonyl (C=O) groups excluding carboxylic acids is 2. The van der Waals surface area contributed by atoms with Gasteiger partial charge in [-0.15, -0.1) is 0 Å². The second-order valence-electron chi connectivity index (χ2n) is 4.26. The molecule has 0 saturated carbocycles. The zero-order chi connectivity index (χ0) is 14.5. The summed E-state index contributed by atoms with van der Waals surface area (Å²) in [4.78, 5) is 22.4. The SMILES string of the molecule is C=CC(=O)OCC(CC)OC(=O)NCCCCCC. The number of carbonyl (C=O) groups is 2. The van der Waals surface area contributed by atoms with Gasteiger partial charge in [0.05, 0.1) is 0 Å². The molecule has 1 unspecified atom stereocenters. The van der Waals surface area contributed by atoms with Crippen molar-refractivity contribution in [2.24, 2.45) is 0 Å². The summed E-state index contributed by atoms with van der Waals surface area (Å²) in [5, 5.41) is 2.69. The van der Waals surface area contributed by atoms with Crippen LogP contribution in [-0.2, 0) is 14.3 Å². The van der Waals surface area contributed by atoms with E-state index in [2.05, 4.69) is 18.8 Å². The molecule has 1 amide bonds. The number of ether oxygens (including phenoxy) is 2. The Labute approximate surface area is 115 Å². The molecule has 0 aromatic rings. The smallest absolute Gasteiger partial charge is 0.407 e. The first-order chi connectivity index (χ1) is 9.13. The van der Waals surface area contributed by atoms with Crippen LogP contribution in [0.15, 0.2) is 12.7 Å². The van der Waals surface area contributed by atoms with E-state index < -0.39 is 18.2 Å².